The van der Waals surface area contributed by atoms with Crippen molar-refractivity contribution in [2.75, 3.05) is 19.3 Å². The van der Waals surface area contributed by atoms with Crippen molar-refractivity contribution in [2.24, 2.45) is 0 Å². The van der Waals surface area contributed by atoms with Crippen LogP contribution in [-0.4, -0.2) is 55.2 Å². The average Bonchev–Trinajstić information content (AvgIpc) is 2.32. The van der Waals surface area contributed by atoms with E-state index in [1.807, 2.05) is 30.3 Å². The molecule has 1 aliphatic heterocycles. The van der Waals surface area contributed by atoms with Crippen LogP contribution in [0, 0.1) is 0 Å². The predicted molar refractivity (Wildman–Crippen MR) is 74.5 cm³/mol. The fourth-order valence-corrected chi connectivity index (χ4v) is 2.93. The van der Waals surface area contributed by atoms with Crippen LogP contribution in [0.5, 0.6) is 0 Å². The normalized spacial score (nSPS) is 18.3. The molecule has 0 spiro atoms. The summed E-state index contributed by atoms with van der Waals surface area (Å²) >= 11 is 0. The number of sulfonamides is 1. The van der Waals surface area contributed by atoms with E-state index in [9.17, 15) is 18.3 Å². The number of hydrogen-bond acceptors (Lipinski definition) is 4. The lowest BCUT2D eigenvalue weighted by molar-refractivity contribution is -0.130. The number of hydrogen-bond donors (Lipinski definition) is 2. The second-order valence-electron chi connectivity index (χ2n) is 4.99. The van der Waals surface area contributed by atoms with Crippen LogP contribution in [0.25, 0.3) is 0 Å². The number of rotatable bonds is 5. The molecule has 2 N–H and O–H groups in total. The fraction of sp³-hybridized carbons (Fsp3) is 0.462. The summed E-state index contributed by atoms with van der Waals surface area (Å²) in [5.41, 5.74) is 0.876. The van der Waals surface area contributed by atoms with Crippen molar-refractivity contribution < 1.29 is 18.3 Å². The molecule has 0 saturated carbocycles. The molecule has 1 unspecified atom stereocenters. The zero-order valence-electron chi connectivity index (χ0n) is 11.2. The van der Waals surface area contributed by atoms with E-state index in [0.29, 0.717) is 0 Å². The van der Waals surface area contributed by atoms with Crippen molar-refractivity contribution in [1.29, 1.82) is 0 Å². The molecule has 2 rings (SSSR count). The summed E-state index contributed by atoms with van der Waals surface area (Å²) < 4.78 is 23.6. The SMILES string of the molecule is CS(=O)(=O)N1CC(NC(=O)C(O)Cc2ccccc2)C1. The van der Waals surface area contributed by atoms with Crippen molar-refractivity contribution >= 4 is 15.9 Å². The van der Waals surface area contributed by atoms with E-state index in [0.717, 1.165) is 11.8 Å². The summed E-state index contributed by atoms with van der Waals surface area (Å²) in [5, 5.41) is 12.5. The second kappa shape index (κ2) is 5.90. The number of nitrogens with one attached hydrogen (secondary N) is 1. The van der Waals surface area contributed by atoms with Crippen LogP contribution in [0.4, 0.5) is 0 Å². The molecule has 1 aromatic rings. The van der Waals surface area contributed by atoms with Gasteiger partial charge in [-0.25, -0.2) is 8.42 Å². The maximum Gasteiger partial charge on any atom is 0.249 e. The van der Waals surface area contributed by atoms with Crippen LogP contribution in [0.2, 0.25) is 0 Å². The van der Waals surface area contributed by atoms with Crippen LogP contribution in [0.15, 0.2) is 30.3 Å². The lowest BCUT2D eigenvalue weighted by Crippen LogP contribution is -2.61. The van der Waals surface area contributed by atoms with Crippen molar-refractivity contribution in [3.63, 3.8) is 0 Å². The van der Waals surface area contributed by atoms with Crippen molar-refractivity contribution in [3.8, 4) is 0 Å². The summed E-state index contributed by atoms with van der Waals surface area (Å²) in [7, 11) is -3.18. The Morgan fingerprint density at radius 3 is 2.55 bits per heavy atom. The number of nitrogens with zero attached hydrogens (tertiary/aromatic N) is 1. The Morgan fingerprint density at radius 2 is 2.00 bits per heavy atom. The van der Waals surface area contributed by atoms with Gasteiger partial charge < -0.3 is 10.4 Å². The molecule has 7 heteroatoms. The van der Waals surface area contributed by atoms with Gasteiger partial charge in [-0.1, -0.05) is 30.3 Å². The first-order valence-corrected chi connectivity index (χ1v) is 8.18. The first kappa shape index (κ1) is 15.0. The predicted octanol–water partition coefficient (Wildman–Crippen LogP) is -0.650. The van der Waals surface area contributed by atoms with Crippen molar-refractivity contribution in [3.05, 3.63) is 35.9 Å². The molecule has 110 valence electrons. The molecule has 0 radical (unpaired) electrons. The Morgan fingerprint density at radius 1 is 1.40 bits per heavy atom. The molecule has 1 fully saturated rings. The lowest BCUT2D eigenvalue weighted by Gasteiger charge is -2.37. The molecular weight excluding hydrogens is 280 g/mol. The highest BCUT2D eigenvalue weighted by Crippen LogP contribution is 2.12. The zero-order valence-corrected chi connectivity index (χ0v) is 12.0. The first-order chi connectivity index (χ1) is 9.36. The Balaban J connectivity index is 1.79. The smallest absolute Gasteiger partial charge is 0.249 e. The van der Waals surface area contributed by atoms with E-state index < -0.39 is 22.0 Å². The molecule has 1 aliphatic rings. The molecule has 1 atom stereocenters. The minimum Gasteiger partial charge on any atom is -0.383 e. The highest BCUT2D eigenvalue weighted by Gasteiger charge is 2.34. The van der Waals surface area contributed by atoms with Gasteiger partial charge in [-0.05, 0) is 5.56 Å². The van der Waals surface area contributed by atoms with Gasteiger partial charge in [0, 0.05) is 19.5 Å². The number of benzene rings is 1. The molecule has 20 heavy (non-hydrogen) atoms. The summed E-state index contributed by atoms with van der Waals surface area (Å²) in [5.74, 6) is -0.466. The summed E-state index contributed by atoms with van der Waals surface area (Å²) in [6, 6.07) is 9.01. The first-order valence-electron chi connectivity index (χ1n) is 6.34. The topological polar surface area (TPSA) is 86.7 Å². The van der Waals surface area contributed by atoms with Gasteiger partial charge in [-0.2, -0.15) is 4.31 Å². The maximum atomic E-state index is 11.8. The summed E-state index contributed by atoms with van der Waals surface area (Å²) in [6.45, 7) is 0.533. The van der Waals surface area contributed by atoms with Crippen LogP contribution >= 0.6 is 0 Å². The maximum absolute atomic E-state index is 11.8. The quantitative estimate of drug-likeness (QED) is 0.756. The van der Waals surface area contributed by atoms with Crippen LogP contribution in [0.3, 0.4) is 0 Å². The van der Waals surface area contributed by atoms with Gasteiger partial charge in [0.1, 0.15) is 6.10 Å². The molecular formula is C13H18N2O4S. The van der Waals surface area contributed by atoms with E-state index in [2.05, 4.69) is 5.32 Å². The van der Waals surface area contributed by atoms with Crippen molar-refractivity contribution in [2.45, 2.75) is 18.6 Å². The highest BCUT2D eigenvalue weighted by atomic mass is 32.2. The monoisotopic (exact) mass is 298 g/mol. The van der Waals surface area contributed by atoms with Crippen LogP contribution in [-0.2, 0) is 21.2 Å². The Hall–Kier alpha value is -1.44. The number of carbonyl (C=O) groups is 1. The van der Waals surface area contributed by atoms with Crippen molar-refractivity contribution in [1.82, 2.24) is 9.62 Å². The molecule has 1 saturated heterocycles. The number of aliphatic hydroxyl groups excluding tert-OH is 1. The third-order valence-electron chi connectivity index (χ3n) is 3.24. The van der Waals surface area contributed by atoms with Gasteiger partial charge in [0.25, 0.3) is 0 Å². The van der Waals surface area contributed by atoms with Crippen LogP contribution in [0.1, 0.15) is 5.56 Å². The largest absolute Gasteiger partial charge is 0.383 e. The summed E-state index contributed by atoms with van der Waals surface area (Å²) in [6.07, 6.45) is 0.259. The van der Waals surface area contributed by atoms with Gasteiger partial charge in [-0.3, -0.25) is 4.79 Å². The third kappa shape index (κ3) is 3.78. The molecule has 0 bridgehead atoms. The van der Waals surface area contributed by atoms with Gasteiger partial charge >= 0.3 is 0 Å². The number of amides is 1. The van der Waals surface area contributed by atoms with E-state index in [1.165, 1.54) is 4.31 Å². The molecule has 1 amide bonds. The van der Waals surface area contributed by atoms with E-state index in [-0.39, 0.29) is 25.6 Å². The Kier molecular flexibility index (Phi) is 4.42. The number of carbonyl (C=O) groups excluding carboxylic acids is 1. The van der Waals surface area contributed by atoms with Gasteiger partial charge in [-0.15, -0.1) is 0 Å². The molecule has 6 nitrogen and oxygen atoms in total. The number of aliphatic hydroxyl groups is 1. The molecule has 1 heterocycles. The Labute approximate surface area is 118 Å². The average molecular weight is 298 g/mol. The van der Waals surface area contributed by atoms with Gasteiger partial charge in [0.05, 0.1) is 12.3 Å². The summed E-state index contributed by atoms with van der Waals surface area (Å²) in [4.78, 5) is 11.8. The van der Waals surface area contributed by atoms with Gasteiger partial charge in [0.2, 0.25) is 15.9 Å². The molecule has 0 aromatic heterocycles. The minimum absolute atomic E-state index is 0.220. The lowest BCUT2D eigenvalue weighted by atomic mass is 10.1. The molecule has 0 aliphatic carbocycles. The Bertz CT molecular complexity index is 567. The highest BCUT2D eigenvalue weighted by molar-refractivity contribution is 7.88. The minimum atomic E-state index is -3.18. The second-order valence-corrected chi connectivity index (χ2v) is 6.97. The van der Waals surface area contributed by atoms with Gasteiger partial charge in [0.15, 0.2) is 0 Å². The van der Waals surface area contributed by atoms with E-state index in [1.54, 1.807) is 0 Å². The standard InChI is InChI=1S/C13H18N2O4S/c1-20(18,19)15-8-11(9-15)14-13(17)12(16)7-10-5-3-2-4-6-10/h2-6,11-12,16H,7-9H2,1H3,(H,14,17). The fourth-order valence-electron chi connectivity index (χ4n) is 2.03. The third-order valence-corrected chi connectivity index (χ3v) is 4.47. The van der Waals surface area contributed by atoms with Crippen LogP contribution < -0.4 is 5.32 Å². The van der Waals surface area contributed by atoms with E-state index >= 15 is 0 Å². The molecule has 1 aromatic carbocycles. The zero-order chi connectivity index (χ0) is 14.8. The van der Waals surface area contributed by atoms with E-state index in [4.69, 9.17) is 0 Å².